The Kier molecular flexibility index (Phi) is 9.17. The lowest BCUT2D eigenvalue weighted by Gasteiger charge is -2.32. The minimum atomic E-state index is -0.458. The van der Waals surface area contributed by atoms with Gasteiger partial charge >= 0.3 is 0 Å². The summed E-state index contributed by atoms with van der Waals surface area (Å²) in [6.07, 6.45) is 5.22. The van der Waals surface area contributed by atoms with Crippen molar-refractivity contribution in [1.82, 2.24) is 14.7 Å². The maximum atomic E-state index is 14.0. The van der Waals surface area contributed by atoms with Crippen LogP contribution in [0.5, 0.6) is 11.6 Å². The van der Waals surface area contributed by atoms with Crippen LogP contribution in [0, 0.1) is 11.8 Å². The third-order valence-electron chi connectivity index (χ3n) is 7.38. The molecule has 1 amide bonds. The third-order valence-corrected chi connectivity index (χ3v) is 7.95. The average molecular weight is 544 g/mol. The van der Waals surface area contributed by atoms with E-state index in [1.165, 1.54) is 12.8 Å². The lowest BCUT2D eigenvalue weighted by atomic mass is 9.91. The molecular weight excluding hydrogens is 507 g/mol. The highest BCUT2D eigenvalue weighted by atomic mass is 35.5. The zero-order chi connectivity index (χ0) is 26.5. The Labute approximate surface area is 229 Å². The molecule has 3 aromatic rings. The van der Waals surface area contributed by atoms with Crippen LogP contribution in [-0.4, -0.2) is 33.7 Å². The molecule has 37 heavy (non-hydrogen) atoms. The lowest BCUT2D eigenvalue weighted by Crippen LogP contribution is -2.39. The lowest BCUT2D eigenvalue weighted by molar-refractivity contribution is 0.0678. The molecule has 1 aliphatic rings. The van der Waals surface area contributed by atoms with Crippen molar-refractivity contribution in [2.45, 2.75) is 58.9 Å². The minimum Gasteiger partial charge on any atom is -0.439 e. The molecule has 0 saturated carbocycles. The molecule has 0 aliphatic carbocycles. The molecule has 2 heterocycles. The van der Waals surface area contributed by atoms with Crippen LogP contribution in [0.25, 0.3) is 5.69 Å². The van der Waals surface area contributed by atoms with E-state index in [0.29, 0.717) is 57.6 Å². The van der Waals surface area contributed by atoms with Crippen molar-refractivity contribution in [2.75, 3.05) is 13.1 Å². The van der Waals surface area contributed by atoms with E-state index in [1.54, 1.807) is 35.0 Å². The first-order valence-corrected chi connectivity index (χ1v) is 14.0. The molecule has 1 aliphatic heterocycles. The van der Waals surface area contributed by atoms with Gasteiger partial charge in [0.25, 0.3) is 5.91 Å². The summed E-state index contributed by atoms with van der Waals surface area (Å²) < 4.78 is 8.04. The van der Waals surface area contributed by atoms with Gasteiger partial charge in [-0.3, -0.25) is 4.79 Å². The van der Waals surface area contributed by atoms with Gasteiger partial charge in [0, 0.05) is 24.2 Å². The summed E-state index contributed by atoms with van der Waals surface area (Å²) in [5.74, 6) is 1.61. The fourth-order valence-corrected chi connectivity index (χ4v) is 5.24. The Bertz CT molecular complexity index is 1200. The molecule has 198 valence electrons. The van der Waals surface area contributed by atoms with Crippen LogP contribution >= 0.6 is 23.2 Å². The van der Waals surface area contributed by atoms with Crippen molar-refractivity contribution in [3.05, 3.63) is 69.8 Å². The van der Waals surface area contributed by atoms with Gasteiger partial charge in [-0.2, -0.15) is 9.78 Å². The zero-order valence-electron chi connectivity index (χ0n) is 21.8. The first kappa shape index (κ1) is 27.5. The first-order chi connectivity index (χ1) is 17.8. The number of hydrogen-bond acceptors (Lipinski definition) is 4. The number of aromatic nitrogens is 2. The Hall–Kier alpha value is -2.54. The molecule has 2 atom stereocenters. The Balaban J connectivity index is 1.83. The number of piperidine rings is 1. The molecular formula is C29H36Cl2N4O2. The Morgan fingerprint density at radius 2 is 1.78 bits per heavy atom. The SMILES string of the molecule is CCCC1CCN(C(=O)c2nn(-c3ccccc3Cl)c(Oc3ccc(Cl)cc3)c2C(N)C(C)CC)CC1. The summed E-state index contributed by atoms with van der Waals surface area (Å²) >= 11 is 12.7. The van der Waals surface area contributed by atoms with E-state index in [0.717, 1.165) is 19.3 Å². The van der Waals surface area contributed by atoms with E-state index >= 15 is 0 Å². The third kappa shape index (κ3) is 6.14. The smallest absolute Gasteiger partial charge is 0.274 e. The maximum absolute atomic E-state index is 14.0. The number of benzene rings is 2. The molecule has 1 fully saturated rings. The van der Waals surface area contributed by atoms with Gasteiger partial charge in [-0.05, 0) is 61.1 Å². The predicted octanol–water partition coefficient (Wildman–Crippen LogP) is 7.67. The van der Waals surface area contributed by atoms with Gasteiger partial charge in [0.15, 0.2) is 5.69 Å². The summed E-state index contributed by atoms with van der Waals surface area (Å²) in [5.41, 5.74) is 8.37. The Morgan fingerprint density at radius 3 is 2.41 bits per heavy atom. The van der Waals surface area contributed by atoms with E-state index in [4.69, 9.17) is 38.8 Å². The predicted molar refractivity (Wildman–Crippen MR) is 150 cm³/mol. The average Bonchev–Trinajstić information content (AvgIpc) is 3.28. The van der Waals surface area contributed by atoms with Crippen LogP contribution in [-0.2, 0) is 0 Å². The van der Waals surface area contributed by atoms with E-state index in [1.807, 2.05) is 23.1 Å². The topological polar surface area (TPSA) is 73.4 Å². The number of carbonyl (C=O) groups is 1. The summed E-state index contributed by atoms with van der Waals surface area (Å²) in [7, 11) is 0. The largest absolute Gasteiger partial charge is 0.439 e. The van der Waals surface area contributed by atoms with Crippen molar-refractivity contribution in [3.63, 3.8) is 0 Å². The second-order valence-electron chi connectivity index (χ2n) is 9.92. The quantitative estimate of drug-likeness (QED) is 0.301. The van der Waals surface area contributed by atoms with Crippen LogP contribution in [0.15, 0.2) is 48.5 Å². The van der Waals surface area contributed by atoms with Gasteiger partial charge in [-0.1, -0.05) is 75.4 Å². The highest BCUT2D eigenvalue weighted by Crippen LogP contribution is 2.39. The van der Waals surface area contributed by atoms with Crippen LogP contribution in [0.2, 0.25) is 10.0 Å². The number of para-hydroxylation sites is 1. The minimum absolute atomic E-state index is 0.0957. The summed E-state index contributed by atoms with van der Waals surface area (Å²) in [5, 5.41) is 5.93. The van der Waals surface area contributed by atoms with Gasteiger partial charge in [0.2, 0.25) is 5.88 Å². The van der Waals surface area contributed by atoms with Gasteiger partial charge in [0.1, 0.15) is 5.75 Å². The number of hydrogen-bond donors (Lipinski definition) is 1. The zero-order valence-corrected chi connectivity index (χ0v) is 23.3. The number of rotatable bonds is 9. The molecule has 2 aromatic carbocycles. The molecule has 1 saturated heterocycles. The van der Waals surface area contributed by atoms with E-state index in [2.05, 4.69) is 20.8 Å². The number of halogens is 2. The molecule has 0 spiro atoms. The molecule has 4 rings (SSSR count). The van der Waals surface area contributed by atoms with E-state index in [-0.39, 0.29) is 11.8 Å². The van der Waals surface area contributed by atoms with Crippen molar-refractivity contribution in [3.8, 4) is 17.3 Å². The van der Waals surface area contributed by atoms with Crippen LogP contribution in [0.1, 0.15) is 75.0 Å². The van der Waals surface area contributed by atoms with Gasteiger partial charge in [0.05, 0.1) is 16.3 Å². The van der Waals surface area contributed by atoms with Crippen LogP contribution in [0.4, 0.5) is 0 Å². The van der Waals surface area contributed by atoms with Crippen LogP contribution in [0.3, 0.4) is 0 Å². The van der Waals surface area contributed by atoms with Gasteiger partial charge in [-0.25, -0.2) is 0 Å². The molecule has 6 nitrogen and oxygen atoms in total. The molecule has 1 aromatic heterocycles. The number of amides is 1. The number of nitrogens with two attached hydrogens (primary N) is 1. The van der Waals surface area contributed by atoms with Crippen molar-refractivity contribution >= 4 is 29.1 Å². The van der Waals surface area contributed by atoms with Gasteiger partial charge < -0.3 is 15.4 Å². The normalized spacial score (nSPS) is 16.0. The standard InChI is InChI=1S/C29H36Cl2N4O2/c1-4-8-20-15-17-34(18-16-20)28(36)27-25(26(32)19(3)5-2)29(37-22-13-11-21(30)12-14-22)35(33-27)24-10-7-6-9-23(24)31/h6-7,9-14,19-20,26H,4-5,8,15-18,32H2,1-3H3. The monoisotopic (exact) mass is 542 g/mol. The fourth-order valence-electron chi connectivity index (χ4n) is 4.89. The summed E-state index contributed by atoms with van der Waals surface area (Å²) in [6.45, 7) is 7.81. The second-order valence-corrected chi connectivity index (χ2v) is 10.8. The van der Waals surface area contributed by atoms with Crippen molar-refractivity contribution in [2.24, 2.45) is 17.6 Å². The molecule has 0 radical (unpaired) electrons. The molecule has 0 bridgehead atoms. The van der Waals surface area contributed by atoms with E-state index in [9.17, 15) is 4.79 Å². The maximum Gasteiger partial charge on any atom is 0.274 e. The number of carbonyl (C=O) groups excluding carboxylic acids is 1. The highest BCUT2D eigenvalue weighted by Gasteiger charge is 2.35. The highest BCUT2D eigenvalue weighted by molar-refractivity contribution is 6.32. The first-order valence-electron chi connectivity index (χ1n) is 13.2. The van der Waals surface area contributed by atoms with Crippen LogP contribution < -0.4 is 10.5 Å². The summed E-state index contributed by atoms with van der Waals surface area (Å²) in [4.78, 5) is 15.9. The fraction of sp³-hybridized carbons (Fsp3) is 0.448. The second kappa shape index (κ2) is 12.3. The Morgan fingerprint density at radius 1 is 1.11 bits per heavy atom. The summed E-state index contributed by atoms with van der Waals surface area (Å²) in [6, 6.07) is 14.0. The van der Waals surface area contributed by atoms with Crippen molar-refractivity contribution < 1.29 is 9.53 Å². The number of ether oxygens (including phenoxy) is 1. The van der Waals surface area contributed by atoms with Crippen molar-refractivity contribution in [1.29, 1.82) is 0 Å². The van der Waals surface area contributed by atoms with E-state index < -0.39 is 6.04 Å². The molecule has 2 N–H and O–H groups in total. The molecule has 8 heteroatoms. The number of likely N-dealkylation sites (tertiary alicyclic amines) is 1. The molecule has 2 unspecified atom stereocenters. The van der Waals surface area contributed by atoms with Gasteiger partial charge in [-0.15, -0.1) is 0 Å². The number of nitrogens with zero attached hydrogens (tertiary/aromatic N) is 3.